The predicted molar refractivity (Wildman–Crippen MR) is 66.6 cm³/mol. The van der Waals surface area contributed by atoms with Crippen LogP contribution < -0.4 is 5.32 Å². The highest BCUT2D eigenvalue weighted by atomic mass is 79.9. The maximum Gasteiger partial charge on any atom is 0.131 e. The first-order chi connectivity index (χ1) is 7.71. The van der Waals surface area contributed by atoms with Crippen LogP contribution in [0.25, 0.3) is 0 Å². The van der Waals surface area contributed by atoms with Crippen LogP contribution in [0.5, 0.6) is 0 Å². The number of aromatic nitrogens is 2. The van der Waals surface area contributed by atoms with Gasteiger partial charge in [0.05, 0.1) is 6.10 Å². The summed E-state index contributed by atoms with van der Waals surface area (Å²) in [6.07, 6.45) is 3.37. The summed E-state index contributed by atoms with van der Waals surface area (Å²) in [6.45, 7) is 2.05. The van der Waals surface area contributed by atoms with Crippen molar-refractivity contribution in [3.8, 4) is 0 Å². The summed E-state index contributed by atoms with van der Waals surface area (Å²) in [4.78, 5) is 8.71. The lowest BCUT2D eigenvalue weighted by Gasteiger charge is -2.34. The zero-order valence-corrected chi connectivity index (χ0v) is 11.1. The molecule has 0 unspecified atom stereocenters. The van der Waals surface area contributed by atoms with Crippen molar-refractivity contribution in [3.63, 3.8) is 0 Å². The first-order valence-electron chi connectivity index (χ1n) is 5.54. The Morgan fingerprint density at radius 2 is 2.25 bits per heavy atom. The van der Waals surface area contributed by atoms with E-state index in [0.29, 0.717) is 12.1 Å². The number of nitrogens with zero attached hydrogens (tertiary/aromatic N) is 2. The Bertz CT molecular complexity index is 366. The zero-order valence-electron chi connectivity index (χ0n) is 9.53. The number of hydrogen-bond donors (Lipinski definition) is 1. The van der Waals surface area contributed by atoms with Crippen molar-refractivity contribution in [2.75, 3.05) is 12.4 Å². The highest BCUT2D eigenvalue weighted by Crippen LogP contribution is 2.26. The first-order valence-corrected chi connectivity index (χ1v) is 6.33. The van der Waals surface area contributed by atoms with Crippen molar-refractivity contribution in [1.82, 2.24) is 9.97 Å². The van der Waals surface area contributed by atoms with E-state index in [1.165, 1.54) is 0 Å². The molecule has 1 aliphatic rings. The van der Waals surface area contributed by atoms with Crippen LogP contribution in [-0.2, 0) is 11.2 Å². The van der Waals surface area contributed by atoms with E-state index in [2.05, 4.69) is 38.1 Å². The van der Waals surface area contributed by atoms with Gasteiger partial charge in [0.15, 0.2) is 0 Å². The van der Waals surface area contributed by atoms with Gasteiger partial charge >= 0.3 is 0 Å². The SMILES string of the molecule is CCc1nc(Br)cc(NC2CC(OC)C2)n1. The largest absolute Gasteiger partial charge is 0.381 e. The smallest absolute Gasteiger partial charge is 0.131 e. The molecule has 1 aromatic rings. The summed E-state index contributed by atoms with van der Waals surface area (Å²) < 4.78 is 6.08. The van der Waals surface area contributed by atoms with E-state index in [1.54, 1.807) is 7.11 Å². The lowest BCUT2D eigenvalue weighted by Crippen LogP contribution is -2.40. The molecule has 0 bridgehead atoms. The van der Waals surface area contributed by atoms with Crippen LogP contribution in [0.1, 0.15) is 25.6 Å². The summed E-state index contributed by atoms with van der Waals surface area (Å²) >= 11 is 3.39. The number of rotatable bonds is 4. The molecule has 0 radical (unpaired) electrons. The highest BCUT2D eigenvalue weighted by molar-refractivity contribution is 9.10. The number of methoxy groups -OCH3 is 1. The van der Waals surface area contributed by atoms with Gasteiger partial charge in [-0.1, -0.05) is 6.92 Å². The van der Waals surface area contributed by atoms with Crippen molar-refractivity contribution in [2.45, 2.75) is 38.3 Å². The number of hydrogen-bond acceptors (Lipinski definition) is 4. The monoisotopic (exact) mass is 285 g/mol. The molecule has 1 heterocycles. The summed E-state index contributed by atoms with van der Waals surface area (Å²) in [5.41, 5.74) is 0. The molecule has 1 N–H and O–H groups in total. The van der Waals surface area contributed by atoms with Crippen molar-refractivity contribution in [3.05, 3.63) is 16.5 Å². The van der Waals surface area contributed by atoms with Gasteiger partial charge in [-0.25, -0.2) is 9.97 Å². The Kier molecular flexibility index (Phi) is 3.76. The fourth-order valence-corrected chi connectivity index (χ4v) is 2.20. The summed E-state index contributed by atoms with van der Waals surface area (Å²) in [7, 11) is 1.76. The molecule has 16 heavy (non-hydrogen) atoms. The van der Waals surface area contributed by atoms with Crippen LogP contribution in [0.4, 0.5) is 5.82 Å². The lowest BCUT2D eigenvalue weighted by molar-refractivity contribution is 0.0328. The molecule has 5 heteroatoms. The second-order valence-electron chi connectivity index (χ2n) is 4.02. The molecule has 0 spiro atoms. The van der Waals surface area contributed by atoms with Crippen molar-refractivity contribution in [1.29, 1.82) is 0 Å². The van der Waals surface area contributed by atoms with E-state index < -0.39 is 0 Å². The molecule has 1 fully saturated rings. The molecule has 88 valence electrons. The Morgan fingerprint density at radius 3 is 2.88 bits per heavy atom. The minimum atomic E-state index is 0.411. The van der Waals surface area contributed by atoms with E-state index in [4.69, 9.17) is 4.74 Å². The molecule has 4 nitrogen and oxygen atoms in total. The molecule has 2 rings (SSSR count). The van der Waals surface area contributed by atoms with Crippen molar-refractivity contribution >= 4 is 21.7 Å². The third-order valence-corrected chi connectivity index (χ3v) is 3.24. The number of anilines is 1. The topological polar surface area (TPSA) is 47.0 Å². The standard InChI is InChI=1S/C11H16BrN3O/c1-3-10-14-9(12)6-11(15-10)13-7-4-8(5-7)16-2/h6-8H,3-5H2,1-2H3,(H,13,14,15). The summed E-state index contributed by atoms with van der Waals surface area (Å²) in [5.74, 6) is 1.76. The van der Waals surface area contributed by atoms with Gasteiger partial charge < -0.3 is 10.1 Å². The van der Waals surface area contributed by atoms with E-state index in [-0.39, 0.29) is 0 Å². The fourth-order valence-electron chi connectivity index (χ4n) is 1.78. The molecule has 0 saturated heterocycles. The molecule has 1 saturated carbocycles. The Morgan fingerprint density at radius 1 is 1.50 bits per heavy atom. The highest BCUT2D eigenvalue weighted by Gasteiger charge is 2.29. The summed E-state index contributed by atoms with van der Waals surface area (Å²) in [5, 5.41) is 3.40. The molecule has 1 aliphatic carbocycles. The Labute approximate surface area is 104 Å². The van der Waals surface area contributed by atoms with Gasteiger partial charge in [-0.3, -0.25) is 0 Å². The number of aryl methyl sites for hydroxylation is 1. The minimum absolute atomic E-state index is 0.411. The maximum atomic E-state index is 5.24. The fraction of sp³-hybridized carbons (Fsp3) is 0.636. The van der Waals surface area contributed by atoms with Gasteiger partial charge in [0.1, 0.15) is 16.2 Å². The van der Waals surface area contributed by atoms with Crippen molar-refractivity contribution < 1.29 is 4.74 Å². The normalized spacial score (nSPS) is 23.9. The average Bonchev–Trinajstić information content (AvgIpc) is 2.22. The Balaban J connectivity index is 1.97. The molecule has 0 aromatic carbocycles. The van der Waals surface area contributed by atoms with Crippen LogP contribution in [0.3, 0.4) is 0 Å². The molecule has 0 aliphatic heterocycles. The van der Waals surface area contributed by atoms with Crippen LogP contribution in [-0.4, -0.2) is 29.2 Å². The molecule has 0 amide bonds. The molecule has 1 aromatic heterocycles. The van der Waals surface area contributed by atoms with Gasteiger partial charge in [0.2, 0.25) is 0 Å². The van der Waals surface area contributed by atoms with Crippen molar-refractivity contribution in [2.24, 2.45) is 0 Å². The van der Waals surface area contributed by atoms with Crippen LogP contribution in [0.15, 0.2) is 10.7 Å². The van der Waals surface area contributed by atoms with Crippen LogP contribution >= 0.6 is 15.9 Å². The molecule has 0 atom stereocenters. The molecular formula is C11H16BrN3O. The van der Waals surface area contributed by atoms with Gasteiger partial charge in [-0.2, -0.15) is 0 Å². The van der Waals surface area contributed by atoms with E-state index in [1.807, 2.05) is 6.07 Å². The second-order valence-corrected chi connectivity index (χ2v) is 4.83. The lowest BCUT2D eigenvalue weighted by atomic mass is 9.89. The zero-order chi connectivity index (χ0) is 11.5. The van der Waals surface area contributed by atoms with Crippen LogP contribution in [0.2, 0.25) is 0 Å². The third-order valence-electron chi connectivity index (χ3n) is 2.84. The van der Waals surface area contributed by atoms with Gasteiger partial charge in [0, 0.05) is 25.6 Å². The summed E-state index contributed by atoms with van der Waals surface area (Å²) in [6, 6.07) is 2.40. The second kappa shape index (κ2) is 5.10. The maximum absolute atomic E-state index is 5.24. The van der Waals surface area contributed by atoms with E-state index in [0.717, 1.165) is 35.5 Å². The number of nitrogens with one attached hydrogen (secondary N) is 1. The van der Waals surface area contributed by atoms with E-state index in [9.17, 15) is 0 Å². The number of halogens is 1. The van der Waals surface area contributed by atoms with E-state index >= 15 is 0 Å². The Hall–Kier alpha value is -0.680. The molecular weight excluding hydrogens is 270 g/mol. The van der Waals surface area contributed by atoms with Crippen LogP contribution in [0, 0.1) is 0 Å². The van der Waals surface area contributed by atoms with Gasteiger partial charge in [0.25, 0.3) is 0 Å². The first kappa shape index (κ1) is 11.8. The van der Waals surface area contributed by atoms with Gasteiger partial charge in [-0.15, -0.1) is 0 Å². The van der Waals surface area contributed by atoms with Gasteiger partial charge in [-0.05, 0) is 28.8 Å². The third kappa shape index (κ3) is 2.71. The predicted octanol–water partition coefficient (Wildman–Crippen LogP) is 2.39. The number of ether oxygens (including phenoxy) is 1. The quantitative estimate of drug-likeness (QED) is 0.863. The average molecular weight is 286 g/mol. The minimum Gasteiger partial charge on any atom is -0.381 e.